The molecule has 3 aromatic rings. The van der Waals surface area contributed by atoms with Crippen LogP contribution in [0.25, 0.3) is 11.1 Å². The maximum Gasteiger partial charge on any atom is 0.419 e. The van der Waals surface area contributed by atoms with Crippen LogP contribution in [0.4, 0.5) is 5.69 Å². The monoisotopic (exact) mass is 381 g/mol. The Labute approximate surface area is 162 Å². The average molecular weight is 381 g/mol. The standard InChI is InChI=1S/C21H23N3O4/c1-15(25)23(2)14-16-7-5-8-17(13-16)22-20(26)11-6-12-24-18-9-3-4-10-19(18)28-21(24)27/h3-5,7-10,13H,6,11-12,14H2,1-2H3,(H,22,26). The van der Waals surface area contributed by atoms with Gasteiger partial charge in [0.25, 0.3) is 0 Å². The number of oxazole rings is 1. The van der Waals surface area contributed by atoms with Crippen molar-refractivity contribution in [2.24, 2.45) is 0 Å². The predicted molar refractivity (Wildman–Crippen MR) is 107 cm³/mol. The molecule has 28 heavy (non-hydrogen) atoms. The van der Waals surface area contributed by atoms with E-state index in [-0.39, 0.29) is 18.2 Å². The van der Waals surface area contributed by atoms with Gasteiger partial charge >= 0.3 is 5.76 Å². The third-order valence-corrected chi connectivity index (χ3v) is 4.53. The summed E-state index contributed by atoms with van der Waals surface area (Å²) in [5.41, 5.74) is 2.90. The molecule has 0 saturated carbocycles. The Balaban J connectivity index is 1.55. The molecule has 0 aliphatic heterocycles. The molecule has 146 valence electrons. The van der Waals surface area contributed by atoms with Crippen molar-refractivity contribution < 1.29 is 14.0 Å². The molecule has 7 nitrogen and oxygen atoms in total. The van der Waals surface area contributed by atoms with E-state index in [1.54, 1.807) is 22.6 Å². The van der Waals surface area contributed by atoms with E-state index in [1.807, 2.05) is 42.5 Å². The first-order valence-corrected chi connectivity index (χ1v) is 9.13. The van der Waals surface area contributed by atoms with Crippen LogP contribution in [0.3, 0.4) is 0 Å². The van der Waals surface area contributed by atoms with E-state index in [0.29, 0.717) is 30.8 Å². The molecule has 0 aliphatic carbocycles. The second-order valence-corrected chi connectivity index (χ2v) is 6.71. The third kappa shape index (κ3) is 4.68. The second-order valence-electron chi connectivity index (χ2n) is 6.71. The highest BCUT2D eigenvalue weighted by Crippen LogP contribution is 2.14. The van der Waals surface area contributed by atoms with E-state index in [9.17, 15) is 14.4 Å². The predicted octanol–water partition coefficient (Wildman–Crippen LogP) is 2.99. The Kier molecular flexibility index (Phi) is 5.93. The molecule has 0 fully saturated rings. The normalized spacial score (nSPS) is 10.8. The van der Waals surface area contributed by atoms with E-state index in [0.717, 1.165) is 11.1 Å². The van der Waals surface area contributed by atoms with Crippen LogP contribution in [-0.2, 0) is 22.7 Å². The van der Waals surface area contributed by atoms with E-state index < -0.39 is 5.76 Å². The first-order chi connectivity index (χ1) is 13.4. The number of aryl methyl sites for hydroxylation is 1. The lowest BCUT2D eigenvalue weighted by atomic mass is 10.2. The number of nitrogens with zero attached hydrogens (tertiary/aromatic N) is 2. The number of hydrogen-bond donors (Lipinski definition) is 1. The van der Waals surface area contributed by atoms with Gasteiger partial charge in [0.05, 0.1) is 5.52 Å². The number of hydrogen-bond acceptors (Lipinski definition) is 4. The number of carbonyl (C=O) groups is 2. The van der Waals surface area contributed by atoms with Crippen molar-refractivity contribution in [3.8, 4) is 0 Å². The van der Waals surface area contributed by atoms with Gasteiger partial charge in [-0.2, -0.15) is 0 Å². The summed E-state index contributed by atoms with van der Waals surface area (Å²) in [4.78, 5) is 37.2. The van der Waals surface area contributed by atoms with Crippen LogP contribution in [-0.4, -0.2) is 28.3 Å². The Morgan fingerprint density at radius 1 is 1.14 bits per heavy atom. The Morgan fingerprint density at radius 2 is 1.93 bits per heavy atom. The van der Waals surface area contributed by atoms with Crippen LogP contribution in [0.2, 0.25) is 0 Å². The van der Waals surface area contributed by atoms with E-state index >= 15 is 0 Å². The zero-order valence-corrected chi connectivity index (χ0v) is 16.0. The van der Waals surface area contributed by atoms with Crippen molar-refractivity contribution in [2.45, 2.75) is 32.9 Å². The lowest BCUT2D eigenvalue weighted by Crippen LogP contribution is -2.23. The molecule has 1 N–H and O–H groups in total. The molecular weight excluding hydrogens is 358 g/mol. The molecule has 0 aliphatic rings. The largest absolute Gasteiger partial charge is 0.419 e. The summed E-state index contributed by atoms with van der Waals surface area (Å²) in [6, 6.07) is 14.6. The van der Waals surface area contributed by atoms with Gasteiger partial charge in [0.15, 0.2) is 5.58 Å². The van der Waals surface area contributed by atoms with E-state index in [1.165, 1.54) is 6.92 Å². The molecule has 0 saturated heterocycles. The summed E-state index contributed by atoms with van der Waals surface area (Å²) >= 11 is 0. The number of anilines is 1. The maximum atomic E-state index is 12.2. The van der Waals surface area contributed by atoms with Crippen molar-refractivity contribution in [2.75, 3.05) is 12.4 Å². The van der Waals surface area contributed by atoms with Gasteiger partial charge in [-0.1, -0.05) is 24.3 Å². The van der Waals surface area contributed by atoms with Crippen LogP contribution in [0.1, 0.15) is 25.3 Å². The molecular formula is C21H23N3O4. The van der Waals surface area contributed by atoms with Gasteiger partial charge in [-0.15, -0.1) is 0 Å². The van der Waals surface area contributed by atoms with E-state index in [2.05, 4.69) is 5.32 Å². The number of fused-ring (bicyclic) bond motifs is 1. The van der Waals surface area contributed by atoms with Gasteiger partial charge in [0, 0.05) is 39.2 Å². The van der Waals surface area contributed by atoms with Crippen LogP contribution < -0.4 is 11.1 Å². The second kappa shape index (κ2) is 8.56. The third-order valence-electron chi connectivity index (χ3n) is 4.53. The van der Waals surface area contributed by atoms with Gasteiger partial charge in [0.2, 0.25) is 11.8 Å². The summed E-state index contributed by atoms with van der Waals surface area (Å²) in [6.07, 6.45) is 0.797. The molecule has 0 atom stereocenters. The maximum absolute atomic E-state index is 12.2. The summed E-state index contributed by atoms with van der Waals surface area (Å²) in [7, 11) is 1.73. The lowest BCUT2D eigenvalue weighted by Gasteiger charge is -2.15. The number of aromatic nitrogens is 1. The molecule has 1 aromatic heterocycles. The fourth-order valence-corrected chi connectivity index (χ4v) is 2.98. The van der Waals surface area contributed by atoms with Crippen LogP contribution in [0.5, 0.6) is 0 Å². The topological polar surface area (TPSA) is 84.5 Å². The summed E-state index contributed by atoms with van der Waals surface area (Å²) < 4.78 is 6.74. The van der Waals surface area contributed by atoms with Crippen LogP contribution in [0.15, 0.2) is 57.7 Å². The molecule has 2 aromatic carbocycles. The number of para-hydroxylation sites is 2. The van der Waals surface area contributed by atoms with Crippen LogP contribution >= 0.6 is 0 Å². The van der Waals surface area contributed by atoms with Crippen LogP contribution in [0, 0.1) is 0 Å². The molecule has 7 heteroatoms. The molecule has 3 rings (SSSR count). The number of nitrogens with one attached hydrogen (secondary N) is 1. The molecule has 2 amide bonds. The minimum Gasteiger partial charge on any atom is -0.408 e. The highest BCUT2D eigenvalue weighted by molar-refractivity contribution is 5.90. The average Bonchev–Trinajstić information content (AvgIpc) is 2.97. The first-order valence-electron chi connectivity index (χ1n) is 9.13. The van der Waals surface area contributed by atoms with Gasteiger partial charge in [-0.3, -0.25) is 14.2 Å². The number of carbonyl (C=O) groups excluding carboxylic acids is 2. The fourth-order valence-electron chi connectivity index (χ4n) is 2.98. The quantitative estimate of drug-likeness (QED) is 0.682. The Bertz CT molecular complexity index is 1050. The highest BCUT2D eigenvalue weighted by Gasteiger charge is 2.10. The van der Waals surface area contributed by atoms with Crippen molar-refractivity contribution in [1.82, 2.24) is 9.47 Å². The molecule has 0 spiro atoms. The molecule has 0 radical (unpaired) electrons. The fraction of sp³-hybridized carbons (Fsp3) is 0.286. The van der Waals surface area contributed by atoms with Crippen molar-refractivity contribution in [1.29, 1.82) is 0 Å². The number of amides is 2. The van der Waals surface area contributed by atoms with Gasteiger partial charge < -0.3 is 14.6 Å². The Morgan fingerprint density at radius 3 is 2.71 bits per heavy atom. The SMILES string of the molecule is CC(=O)N(C)Cc1cccc(NC(=O)CCCn2c(=O)oc3ccccc32)c1. The highest BCUT2D eigenvalue weighted by atomic mass is 16.4. The lowest BCUT2D eigenvalue weighted by molar-refractivity contribution is -0.128. The summed E-state index contributed by atoms with van der Waals surface area (Å²) in [6.45, 7) is 2.41. The summed E-state index contributed by atoms with van der Waals surface area (Å²) in [5, 5.41) is 2.86. The first kappa shape index (κ1) is 19.4. The minimum absolute atomic E-state index is 0.0172. The Hall–Kier alpha value is -3.35. The summed E-state index contributed by atoms with van der Waals surface area (Å²) in [5.74, 6) is -0.557. The van der Waals surface area contributed by atoms with Crippen molar-refractivity contribution >= 4 is 28.6 Å². The van der Waals surface area contributed by atoms with Gasteiger partial charge in [-0.25, -0.2) is 4.79 Å². The van der Waals surface area contributed by atoms with Crippen molar-refractivity contribution in [3.63, 3.8) is 0 Å². The molecule has 0 unspecified atom stereocenters. The minimum atomic E-state index is -0.413. The van der Waals surface area contributed by atoms with Gasteiger partial charge in [-0.05, 0) is 36.2 Å². The number of rotatable bonds is 7. The zero-order valence-electron chi connectivity index (χ0n) is 16.0. The number of benzene rings is 2. The molecule has 0 bridgehead atoms. The van der Waals surface area contributed by atoms with E-state index in [4.69, 9.17) is 4.42 Å². The zero-order chi connectivity index (χ0) is 20.1. The van der Waals surface area contributed by atoms with Crippen molar-refractivity contribution in [3.05, 3.63) is 64.6 Å². The van der Waals surface area contributed by atoms with Gasteiger partial charge in [0.1, 0.15) is 0 Å². The molecule has 1 heterocycles. The smallest absolute Gasteiger partial charge is 0.408 e.